The molecule has 1 fully saturated rings. The second-order valence-electron chi connectivity index (χ2n) is 7.74. The first kappa shape index (κ1) is 20.4. The molecule has 3 aromatic rings. The van der Waals surface area contributed by atoms with Crippen LogP contribution in [0.1, 0.15) is 32.6 Å². The lowest BCUT2D eigenvalue weighted by Crippen LogP contribution is -2.41. The molecule has 2 atom stereocenters. The van der Waals surface area contributed by atoms with Crippen LogP contribution in [0.15, 0.2) is 60.8 Å². The minimum atomic E-state index is 0.0176. The van der Waals surface area contributed by atoms with Crippen molar-refractivity contribution in [3.63, 3.8) is 0 Å². The number of hydrogen-bond acceptors (Lipinski definition) is 4. The summed E-state index contributed by atoms with van der Waals surface area (Å²) in [5.74, 6) is 0.581. The lowest BCUT2D eigenvalue weighted by Gasteiger charge is -2.30. The topological polar surface area (TPSA) is 66.9 Å². The van der Waals surface area contributed by atoms with Gasteiger partial charge in [0.25, 0.3) is 0 Å². The van der Waals surface area contributed by atoms with E-state index in [1.54, 1.807) is 13.1 Å². The van der Waals surface area contributed by atoms with Crippen molar-refractivity contribution in [1.82, 2.24) is 15.3 Å². The van der Waals surface area contributed by atoms with Gasteiger partial charge in [-0.3, -0.25) is 4.79 Å². The number of hydrogen-bond donors (Lipinski definition) is 2. The van der Waals surface area contributed by atoms with E-state index in [1.807, 2.05) is 30.3 Å². The molecule has 6 heteroatoms. The van der Waals surface area contributed by atoms with Crippen LogP contribution in [-0.2, 0) is 4.79 Å². The van der Waals surface area contributed by atoms with Crippen LogP contribution in [-0.4, -0.2) is 28.0 Å². The molecule has 2 aromatic carbocycles. The Balaban J connectivity index is 1.55. The minimum absolute atomic E-state index is 0.0176. The van der Waals surface area contributed by atoms with Crippen LogP contribution < -0.4 is 10.6 Å². The lowest BCUT2D eigenvalue weighted by molar-refractivity contribution is -0.119. The summed E-state index contributed by atoms with van der Waals surface area (Å²) in [6, 6.07) is 18.9. The molecule has 2 N–H and O–H groups in total. The SMILES string of the molecule is CC(=O)N[C@H]1CCC[C@@H](Nc2ncc(Cl)c(-c3cccc(-c4ccccc4)c3)n2)C1. The highest BCUT2D eigenvalue weighted by Crippen LogP contribution is 2.30. The Morgan fingerprint density at radius 2 is 1.73 bits per heavy atom. The number of rotatable bonds is 5. The summed E-state index contributed by atoms with van der Waals surface area (Å²) in [5.41, 5.74) is 3.92. The number of nitrogens with zero attached hydrogens (tertiary/aromatic N) is 2. The molecule has 1 heterocycles. The number of nitrogens with one attached hydrogen (secondary N) is 2. The van der Waals surface area contributed by atoms with Gasteiger partial charge in [-0.05, 0) is 42.9 Å². The van der Waals surface area contributed by atoms with Gasteiger partial charge >= 0.3 is 0 Å². The molecule has 0 spiro atoms. The van der Waals surface area contributed by atoms with Gasteiger partial charge in [0.15, 0.2) is 0 Å². The molecule has 1 saturated carbocycles. The Bertz CT molecular complexity index is 1020. The van der Waals surface area contributed by atoms with Crippen LogP contribution in [0.4, 0.5) is 5.95 Å². The number of amides is 1. The predicted octanol–water partition coefficient (Wildman–Crippen LogP) is 5.32. The first-order valence-electron chi connectivity index (χ1n) is 10.3. The van der Waals surface area contributed by atoms with Gasteiger partial charge < -0.3 is 10.6 Å². The highest BCUT2D eigenvalue weighted by atomic mass is 35.5. The average Bonchev–Trinajstić information content (AvgIpc) is 2.76. The maximum absolute atomic E-state index is 11.4. The van der Waals surface area contributed by atoms with Gasteiger partial charge in [-0.15, -0.1) is 0 Å². The third-order valence-electron chi connectivity index (χ3n) is 5.40. The molecule has 1 aliphatic rings. The monoisotopic (exact) mass is 420 g/mol. The van der Waals surface area contributed by atoms with Crippen LogP contribution in [0.25, 0.3) is 22.4 Å². The van der Waals surface area contributed by atoms with Gasteiger partial charge in [0.2, 0.25) is 11.9 Å². The fourth-order valence-corrected chi connectivity index (χ4v) is 4.24. The molecule has 1 aliphatic carbocycles. The van der Waals surface area contributed by atoms with E-state index in [9.17, 15) is 4.79 Å². The maximum Gasteiger partial charge on any atom is 0.223 e. The fourth-order valence-electron chi connectivity index (χ4n) is 4.04. The van der Waals surface area contributed by atoms with Crippen molar-refractivity contribution in [2.45, 2.75) is 44.7 Å². The quantitative estimate of drug-likeness (QED) is 0.586. The summed E-state index contributed by atoms with van der Waals surface area (Å²) < 4.78 is 0. The van der Waals surface area contributed by atoms with Gasteiger partial charge in [-0.1, -0.05) is 60.1 Å². The van der Waals surface area contributed by atoms with E-state index in [1.165, 1.54) is 0 Å². The third kappa shape index (κ3) is 4.97. The summed E-state index contributed by atoms with van der Waals surface area (Å²) in [7, 11) is 0. The number of carbonyl (C=O) groups excluding carboxylic acids is 1. The van der Waals surface area contributed by atoms with Crippen molar-refractivity contribution in [2.24, 2.45) is 0 Å². The minimum Gasteiger partial charge on any atom is -0.354 e. The van der Waals surface area contributed by atoms with Gasteiger partial charge in [0.05, 0.1) is 16.9 Å². The molecule has 0 aliphatic heterocycles. The normalized spacial score (nSPS) is 18.6. The molecule has 5 nitrogen and oxygen atoms in total. The van der Waals surface area contributed by atoms with Crippen molar-refractivity contribution in [3.8, 4) is 22.4 Å². The van der Waals surface area contributed by atoms with Gasteiger partial charge in [0.1, 0.15) is 0 Å². The summed E-state index contributed by atoms with van der Waals surface area (Å²) >= 11 is 6.45. The number of carbonyl (C=O) groups is 1. The van der Waals surface area contributed by atoms with E-state index < -0.39 is 0 Å². The second kappa shape index (κ2) is 9.26. The van der Waals surface area contributed by atoms with Crippen molar-refractivity contribution < 1.29 is 4.79 Å². The molecule has 4 rings (SSSR count). The third-order valence-corrected chi connectivity index (χ3v) is 5.68. The van der Waals surface area contributed by atoms with E-state index in [2.05, 4.69) is 39.9 Å². The fraction of sp³-hybridized carbons (Fsp3) is 0.292. The Morgan fingerprint density at radius 1 is 1.00 bits per heavy atom. The van der Waals surface area contributed by atoms with Crippen LogP contribution in [0.2, 0.25) is 5.02 Å². The zero-order chi connectivity index (χ0) is 20.9. The van der Waals surface area contributed by atoms with Crippen molar-refractivity contribution >= 4 is 23.5 Å². The van der Waals surface area contributed by atoms with Crippen molar-refractivity contribution in [2.75, 3.05) is 5.32 Å². The lowest BCUT2D eigenvalue weighted by atomic mass is 9.91. The standard InChI is InChI=1S/C24H25ClN4O/c1-16(30)27-20-11-6-12-21(14-20)28-24-26-15-22(25)23(29-24)19-10-5-9-18(13-19)17-7-3-2-4-8-17/h2-5,7-10,13,15,20-21H,6,11-12,14H2,1H3,(H,27,30)(H,26,28,29)/t20-,21+/m0/s1. The van der Waals surface area contributed by atoms with Gasteiger partial charge in [0, 0.05) is 24.6 Å². The second-order valence-corrected chi connectivity index (χ2v) is 8.15. The maximum atomic E-state index is 11.4. The first-order chi connectivity index (χ1) is 14.6. The Labute approximate surface area is 181 Å². The average molecular weight is 421 g/mol. The molecule has 0 unspecified atom stereocenters. The molecule has 0 saturated heterocycles. The molecule has 1 aromatic heterocycles. The molecular formula is C24H25ClN4O. The number of anilines is 1. The molecule has 30 heavy (non-hydrogen) atoms. The summed E-state index contributed by atoms with van der Waals surface area (Å²) in [6.07, 6.45) is 5.61. The summed E-state index contributed by atoms with van der Waals surface area (Å²) in [6.45, 7) is 1.56. The Kier molecular flexibility index (Phi) is 6.29. The molecule has 0 radical (unpaired) electrons. The van der Waals surface area contributed by atoms with Crippen molar-refractivity contribution in [3.05, 3.63) is 65.8 Å². The molecule has 154 valence electrons. The van der Waals surface area contributed by atoms with Crippen LogP contribution in [0, 0.1) is 0 Å². The van der Waals surface area contributed by atoms with Crippen LogP contribution >= 0.6 is 11.6 Å². The predicted molar refractivity (Wildman–Crippen MR) is 121 cm³/mol. The van der Waals surface area contributed by atoms with Crippen LogP contribution in [0.5, 0.6) is 0 Å². The van der Waals surface area contributed by atoms with E-state index >= 15 is 0 Å². The Morgan fingerprint density at radius 3 is 2.53 bits per heavy atom. The molecule has 0 bridgehead atoms. The Hall–Kier alpha value is -2.92. The molecular weight excluding hydrogens is 396 g/mol. The van der Waals surface area contributed by atoms with Crippen molar-refractivity contribution in [1.29, 1.82) is 0 Å². The van der Waals surface area contributed by atoms with E-state index in [0.29, 0.717) is 16.7 Å². The molecule has 1 amide bonds. The summed E-state index contributed by atoms with van der Waals surface area (Å²) in [4.78, 5) is 20.5. The summed E-state index contributed by atoms with van der Waals surface area (Å²) in [5, 5.41) is 6.98. The number of benzene rings is 2. The smallest absolute Gasteiger partial charge is 0.223 e. The largest absolute Gasteiger partial charge is 0.354 e. The zero-order valence-electron chi connectivity index (χ0n) is 16.9. The number of aromatic nitrogens is 2. The van der Waals surface area contributed by atoms with Gasteiger partial charge in [-0.2, -0.15) is 0 Å². The van der Waals surface area contributed by atoms with E-state index in [4.69, 9.17) is 16.6 Å². The first-order valence-corrected chi connectivity index (χ1v) is 10.7. The zero-order valence-corrected chi connectivity index (χ0v) is 17.7. The van der Waals surface area contributed by atoms with E-state index in [-0.39, 0.29) is 18.0 Å². The van der Waals surface area contributed by atoms with Crippen LogP contribution in [0.3, 0.4) is 0 Å². The highest BCUT2D eigenvalue weighted by molar-refractivity contribution is 6.32. The van der Waals surface area contributed by atoms with Gasteiger partial charge in [-0.25, -0.2) is 9.97 Å². The van der Waals surface area contributed by atoms with E-state index in [0.717, 1.165) is 42.4 Å². The highest BCUT2D eigenvalue weighted by Gasteiger charge is 2.23. The number of halogens is 1.